The van der Waals surface area contributed by atoms with E-state index >= 15 is 0 Å². The average Bonchev–Trinajstić information content (AvgIpc) is 2.72. The van der Waals surface area contributed by atoms with Gasteiger partial charge in [-0.3, -0.25) is 4.68 Å². The molecule has 1 atom stereocenters. The topological polar surface area (TPSA) is 47.3 Å². The Morgan fingerprint density at radius 3 is 2.76 bits per heavy atom. The van der Waals surface area contributed by atoms with Gasteiger partial charge in [-0.1, -0.05) is 6.92 Å². The molecule has 0 spiro atoms. The van der Waals surface area contributed by atoms with Crippen molar-refractivity contribution in [3.8, 4) is 5.75 Å². The number of methoxy groups -OCH3 is 1. The molecule has 5 heteroatoms. The van der Waals surface area contributed by atoms with Gasteiger partial charge < -0.3 is 9.84 Å². The maximum Gasteiger partial charge on any atom is 0.162 e. The van der Waals surface area contributed by atoms with Gasteiger partial charge in [-0.25, -0.2) is 0 Å². The summed E-state index contributed by atoms with van der Waals surface area (Å²) in [5, 5.41) is 14.5. The lowest BCUT2D eigenvalue weighted by Crippen LogP contribution is -2.13. The first-order valence-electron chi connectivity index (χ1n) is 5.99. The highest BCUT2D eigenvalue weighted by Crippen LogP contribution is 2.29. The summed E-state index contributed by atoms with van der Waals surface area (Å²) < 4.78 is 7.08. The van der Waals surface area contributed by atoms with Crippen molar-refractivity contribution in [1.29, 1.82) is 0 Å². The third-order valence-electron chi connectivity index (χ3n) is 2.45. The van der Waals surface area contributed by atoms with Crippen LogP contribution in [-0.4, -0.2) is 33.5 Å². The van der Waals surface area contributed by atoms with Gasteiger partial charge in [-0.15, -0.1) is 0 Å². The van der Waals surface area contributed by atoms with Crippen LogP contribution in [0.3, 0.4) is 0 Å². The third-order valence-corrected chi connectivity index (χ3v) is 3.70. The van der Waals surface area contributed by atoms with Crippen molar-refractivity contribution in [1.82, 2.24) is 9.78 Å². The Balaban J connectivity index is 2.81. The van der Waals surface area contributed by atoms with Crippen LogP contribution in [0.1, 0.15) is 45.0 Å². The summed E-state index contributed by atoms with van der Waals surface area (Å²) in [7, 11) is 1.61. The van der Waals surface area contributed by atoms with Gasteiger partial charge in [0.2, 0.25) is 0 Å². The molecular weight excluding hydrogens is 236 g/mol. The lowest BCUT2D eigenvalue weighted by atomic mass is 10.2. The van der Waals surface area contributed by atoms with E-state index in [0.717, 1.165) is 17.9 Å². The number of hydrogen-bond acceptors (Lipinski definition) is 4. The molecule has 0 aliphatic heterocycles. The standard InChI is InChI=1S/C12H22N2O2S/c1-5-6-17-8-10(15)12-11(16-4)7-13-14(12)9(2)3/h7,9-10,15H,5-6,8H2,1-4H3. The van der Waals surface area contributed by atoms with E-state index in [2.05, 4.69) is 12.0 Å². The van der Waals surface area contributed by atoms with E-state index in [1.807, 2.05) is 18.5 Å². The fraction of sp³-hybridized carbons (Fsp3) is 0.750. The molecule has 98 valence electrons. The number of aromatic nitrogens is 2. The molecule has 1 aromatic heterocycles. The first kappa shape index (κ1) is 14.4. The number of nitrogens with zero attached hydrogens (tertiary/aromatic N) is 2. The third kappa shape index (κ3) is 3.64. The number of ether oxygens (including phenoxy) is 1. The van der Waals surface area contributed by atoms with Crippen molar-refractivity contribution in [3.63, 3.8) is 0 Å². The van der Waals surface area contributed by atoms with Gasteiger partial charge in [0.1, 0.15) is 11.8 Å². The summed E-state index contributed by atoms with van der Waals surface area (Å²) >= 11 is 1.75. The SMILES string of the molecule is CCCSCC(O)c1c(OC)cnn1C(C)C. The van der Waals surface area contributed by atoms with E-state index in [0.29, 0.717) is 11.5 Å². The Kier molecular flexibility index (Phi) is 5.85. The molecule has 1 rings (SSSR count). The van der Waals surface area contributed by atoms with Crippen LogP contribution in [0, 0.1) is 0 Å². The summed E-state index contributed by atoms with van der Waals surface area (Å²) in [5.74, 6) is 2.42. The summed E-state index contributed by atoms with van der Waals surface area (Å²) in [6.45, 7) is 6.22. The molecule has 0 saturated carbocycles. The molecule has 17 heavy (non-hydrogen) atoms. The second-order valence-electron chi connectivity index (χ2n) is 4.23. The second kappa shape index (κ2) is 6.91. The summed E-state index contributed by atoms with van der Waals surface area (Å²) in [6, 6.07) is 0.222. The normalized spacial score (nSPS) is 13.1. The van der Waals surface area contributed by atoms with Crippen LogP contribution in [-0.2, 0) is 0 Å². The van der Waals surface area contributed by atoms with Gasteiger partial charge in [0.15, 0.2) is 5.75 Å². The molecular formula is C12H22N2O2S. The quantitative estimate of drug-likeness (QED) is 0.764. The van der Waals surface area contributed by atoms with E-state index in [9.17, 15) is 5.11 Å². The van der Waals surface area contributed by atoms with Crippen molar-refractivity contribution in [3.05, 3.63) is 11.9 Å². The van der Waals surface area contributed by atoms with Crippen LogP contribution in [0.15, 0.2) is 6.20 Å². The van der Waals surface area contributed by atoms with Crippen LogP contribution < -0.4 is 4.74 Å². The van der Waals surface area contributed by atoms with E-state index in [4.69, 9.17) is 4.74 Å². The van der Waals surface area contributed by atoms with Gasteiger partial charge in [0.25, 0.3) is 0 Å². The maximum absolute atomic E-state index is 10.2. The molecule has 0 fully saturated rings. The lowest BCUT2D eigenvalue weighted by molar-refractivity contribution is 0.184. The van der Waals surface area contributed by atoms with Crippen molar-refractivity contribution < 1.29 is 9.84 Å². The monoisotopic (exact) mass is 258 g/mol. The van der Waals surface area contributed by atoms with Crippen molar-refractivity contribution >= 4 is 11.8 Å². The number of aliphatic hydroxyl groups is 1. The highest BCUT2D eigenvalue weighted by atomic mass is 32.2. The molecule has 1 aromatic rings. The van der Waals surface area contributed by atoms with Gasteiger partial charge >= 0.3 is 0 Å². The highest BCUT2D eigenvalue weighted by molar-refractivity contribution is 7.99. The molecule has 1 N–H and O–H groups in total. The van der Waals surface area contributed by atoms with Crippen LogP contribution in [0.4, 0.5) is 0 Å². The molecule has 0 aliphatic rings. The van der Waals surface area contributed by atoms with Crippen LogP contribution >= 0.6 is 11.8 Å². The van der Waals surface area contributed by atoms with Crippen LogP contribution in [0.25, 0.3) is 0 Å². The number of aliphatic hydroxyl groups excluding tert-OH is 1. The number of rotatable bonds is 7. The summed E-state index contributed by atoms with van der Waals surface area (Å²) in [6.07, 6.45) is 2.27. The van der Waals surface area contributed by atoms with Gasteiger partial charge in [0.05, 0.1) is 13.3 Å². The molecule has 0 radical (unpaired) electrons. The zero-order valence-corrected chi connectivity index (χ0v) is 11.8. The Bertz CT molecular complexity index is 339. The molecule has 0 bridgehead atoms. The zero-order chi connectivity index (χ0) is 12.8. The fourth-order valence-electron chi connectivity index (χ4n) is 1.66. The minimum atomic E-state index is -0.522. The minimum Gasteiger partial charge on any atom is -0.493 e. The first-order chi connectivity index (χ1) is 8.11. The van der Waals surface area contributed by atoms with Crippen molar-refractivity contribution in [2.45, 2.75) is 39.3 Å². The van der Waals surface area contributed by atoms with E-state index in [1.165, 1.54) is 0 Å². The maximum atomic E-state index is 10.2. The molecule has 1 heterocycles. The van der Waals surface area contributed by atoms with Crippen LogP contribution in [0.2, 0.25) is 0 Å². The fourth-order valence-corrected chi connectivity index (χ4v) is 2.50. The highest BCUT2D eigenvalue weighted by Gasteiger charge is 2.21. The van der Waals surface area contributed by atoms with Crippen molar-refractivity contribution in [2.75, 3.05) is 18.6 Å². The molecule has 0 saturated heterocycles. The predicted octanol–water partition coefficient (Wildman–Crippen LogP) is 2.65. The molecule has 1 unspecified atom stereocenters. The van der Waals surface area contributed by atoms with Gasteiger partial charge in [-0.05, 0) is 26.0 Å². The molecule has 0 aromatic carbocycles. The predicted molar refractivity (Wildman–Crippen MR) is 71.7 cm³/mol. The minimum absolute atomic E-state index is 0.222. The Labute approximate surface area is 107 Å². The van der Waals surface area contributed by atoms with Crippen LogP contribution in [0.5, 0.6) is 5.75 Å². The first-order valence-corrected chi connectivity index (χ1v) is 7.14. The second-order valence-corrected chi connectivity index (χ2v) is 5.38. The smallest absolute Gasteiger partial charge is 0.162 e. The van der Waals surface area contributed by atoms with E-state index < -0.39 is 6.10 Å². The Hall–Kier alpha value is -0.680. The van der Waals surface area contributed by atoms with E-state index in [-0.39, 0.29) is 6.04 Å². The molecule has 4 nitrogen and oxygen atoms in total. The van der Waals surface area contributed by atoms with Gasteiger partial charge in [0, 0.05) is 11.8 Å². The Morgan fingerprint density at radius 1 is 1.53 bits per heavy atom. The van der Waals surface area contributed by atoms with E-state index in [1.54, 1.807) is 25.1 Å². The van der Waals surface area contributed by atoms with Gasteiger partial charge in [-0.2, -0.15) is 16.9 Å². The molecule has 0 amide bonds. The number of thioether (sulfide) groups is 1. The summed E-state index contributed by atoms with van der Waals surface area (Å²) in [5.41, 5.74) is 0.783. The Morgan fingerprint density at radius 2 is 2.24 bits per heavy atom. The zero-order valence-electron chi connectivity index (χ0n) is 11.0. The average molecular weight is 258 g/mol. The van der Waals surface area contributed by atoms with Crippen molar-refractivity contribution in [2.24, 2.45) is 0 Å². The largest absolute Gasteiger partial charge is 0.493 e. The lowest BCUT2D eigenvalue weighted by Gasteiger charge is -2.16. The molecule has 0 aliphatic carbocycles. The summed E-state index contributed by atoms with van der Waals surface area (Å²) in [4.78, 5) is 0. The number of hydrogen-bond donors (Lipinski definition) is 1.